The molecule has 1 aromatic carbocycles. The van der Waals surface area contributed by atoms with Gasteiger partial charge in [0.15, 0.2) is 0 Å². The summed E-state index contributed by atoms with van der Waals surface area (Å²) in [6.45, 7) is 3.05. The number of halogens is 2. The van der Waals surface area contributed by atoms with Crippen molar-refractivity contribution in [3.05, 3.63) is 34.1 Å². The fourth-order valence-electron chi connectivity index (χ4n) is 1.47. The van der Waals surface area contributed by atoms with E-state index in [-0.39, 0.29) is 4.47 Å². The summed E-state index contributed by atoms with van der Waals surface area (Å²) in [7, 11) is 1.26. The first kappa shape index (κ1) is 14.1. The second-order valence-electron chi connectivity index (χ2n) is 4.02. The highest BCUT2D eigenvalue weighted by atomic mass is 79.9. The predicted molar refractivity (Wildman–Crippen MR) is 64.9 cm³/mol. The number of aliphatic hydroxyl groups is 1. The molecule has 0 saturated heterocycles. The van der Waals surface area contributed by atoms with Gasteiger partial charge < -0.3 is 9.84 Å². The molecule has 0 radical (unpaired) electrons. The van der Waals surface area contributed by atoms with E-state index in [9.17, 15) is 14.3 Å². The Morgan fingerprint density at radius 3 is 2.65 bits per heavy atom. The number of hydrogen-bond donors (Lipinski definition) is 1. The van der Waals surface area contributed by atoms with Gasteiger partial charge in [-0.25, -0.2) is 4.39 Å². The van der Waals surface area contributed by atoms with Gasteiger partial charge in [-0.3, -0.25) is 4.79 Å². The van der Waals surface area contributed by atoms with Gasteiger partial charge in [-0.2, -0.15) is 0 Å². The van der Waals surface area contributed by atoms with Crippen molar-refractivity contribution in [1.82, 2.24) is 0 Å². The van der Waals surface area contributed by atoms with Crippen LogP contribution in [0.3, 0.4) is 0 Å². The standard InChI is InChI=1S/C12H14BrFO3/c1-7(11(15)17-3)12(2,16)8-4-5-10(14)9(13)6-8/h4-7,16H,1-3H3. The molecule has 5 heteroatoms. The number of carbonyl (C=O) groups excluding carboxylic acids is 1. The smallest absolute Gasteiger partial charge is 0.311 e. The highest BCUT2D eigenvalue weighted by molar-refractivity contribution is 9.10. The lowest BCUT2D eigenvalue weighted by atomic mass is 9.84. The predicted octanol–water partition coefficient (Wildman–Crippen LogP) is 2.60. The van der Waals surface area contributed by atoms with Gasteiger partial charge >= 0.3 is 5.97 Å². The Balaban J connectivity index is 3.11. The van der Waals surface area contributed by atoms with Gasteiger partial charge in [0.05, 0.1) is 23.1 Å². The first-order chi connectivity index (χ1) is 7.80. The molecule has 0 aliphatic rings. The highest BCUT2D eigenvalue weighted by Gasteiger charge is 2.36. The molecule has 94 valence electrons. The molecule has 2 atom stereocenters. The van der Waals surface area contributed by atoms with Crippen molar-refractivity contribution in [3.63, 3.8) is 0 Å². The lowest BCUT2D eigenvalue weighted by Crippen LogP contribution is -2.36. The molecule has 2 unspecified atom stereocenters. The minimum Gasteiger partial charge on any atom is -0.469 e. The Bertz CT molecular complexity index is 432. The van der Waals surface area contributed by atoms with Crippen molar-refractivity contribution in [2.24, 2.45) is 5.92 Å². The topological polar surface area (TPSA) is 46.5 Å². The van der Waals surface area contributed by atoms with E-state index in [0.29, 0.717) is 5.56 Å². The van der Waals surface area contributed by atoms with Crippen LogP contribution in [-0.2, 0) is 15.1 Å². The van der Waals surface area contributed by atoms with Crippen molar-refractivity contribution >= 4 is 21.9 Å². The number of hydrogen-bond acceptors (Lipinski definition) is 3. The molecule has 0 fully saturated rings. The van der Waals surface area contributed by atoms with Gasteiger partial charge in [0.25, 0.3) is 0 Å². The van der Waals surface area contributed by atoms with Crippen LogP contribution in [0.4, 0.5) is 4.39 Å². The third-order valence-corrected chi connectivity index (χ3v) is 3.51. The van der Waals surface area contributed by atoms with Crippen LogP contribution in [0.5, 0.6) is 0 Å². The molecule has 0 bridgehead atoms. The Kier molecular flexibility index (Phi) is 4.27. The summed E-state index contributed by atoms with van der Waals surface area (Å²) in [5.41, 5.74) is -0.966. The SMILES string of the molecule is COC(=O)C(C)C(C)(O)c1ccc(F)c(Br)c1. The zero-order valence-corrected chi connectivity index (χ0v) is 11.4. The van der Waals surface area contributed by atoms with Crippen LogP contribution in [0.2, 0.25) is 0 Å². The van der Waals surface area contributed by atoms with Crippen molar-refractivity contribution in [3.8, 4) is 0 Å². The van der Waals surface area contributed by atoms with Crippen LogP contribution in [0.1, 0.15) is 19.4 Å². The van der Waals surface area contributed by atoms with Crippen LogP contribution in [0.15, 0.2) is 22.7 Å². The van der Waals surface area contributed by atoms with Gasteiger partial charge in [-0.05, 0) is 47.5 Å². The molecule has 1 rings (SSSR count). The van der Waals surface area contributed by atoms with Crippen LogP contribution in [0.25, 0.3) is 0 Å². The van der Waals surface area contributed by atoms with Crippen molar-refractivity contribution in [1.29, 1.82) is 0 Å². The zero-order chi connectivity index (χ0) is 13.2. The molecule has 0 saturated carbocycles. The summed E-state index contributed by atoms with van der Waals surface area (Å²) in [4.78, 5) is 11.4. The van der Waals surface area contributed by atoms with E-state index in [0.717, 1.165) is 0 Å². The number of methoxy groups -OCH3 is 1. The zero-order valence-electron chi connectivity index (χ0n) is 9.83. The molecule has 1 N–H and O–H groups in total. The first-order valence-electron chi connectivity index (χ1n) is 5.06. The van der Waals surface area contributed by atoms with Crippen LogP contribution in [-0.4, -0.2) is 18.2 Å². The molecule has 1 aromatic rings. The summed E-state index contributed by atoms with van der Waals surface area (Å²) in [5.74, 6) is -1.68. The number of benzene rings is 1. The average Bonchev–Trinajstić information content (AvgIpc) is 2.30. The lowest BCUT2D eigenvalue weighted by Gasteiger charge is -2.29. The van der Waals surface area contributed by atoms with E-state index in [1.807, 2.05) is 0 Å². The van der Waals surface area contributed by atoms with E-state index in [1.165, 1.54) is 32.2 Å². The summed E-state index contributed by atoms with van der Waals surface area (Å²) in [5, 5.41) is 10.3. The van der Waals surface area contributed by atoms with Crippen molar-refractivity contribution in [2.75, 3.05) is 7.11 Å². The second kappa shape index (κ2) is 5.14. The van der Waals surface area contributed by atoms with E-state index < -0.39 is 23.3 Å². The van der Waals surface area contributed by atoms with E-state index >= 15 is 0 Å². The van der Waals surface area contributed by atoms with Crippen LogP contribution < -0.4 is 0 Å². The fourth-order valence-corrected chi connectivity index (χ4v) is 1.85. The third-order valence-electron chi connectivity index (χ3n) is 2.90. The summed E-state index contributed by atoms with van der Waals surface area (Å²) >= 11 is 3.04. The van der Waals surface area contributed by atoms with Gasteiger partial charge in [0.1, 0.15) is 5.82 Å². The monoisotopic (exact) mass is 304 g/mol. The maximum atomic E-state index is 13.1. The highest BCUT2D eigenvalue weighted by Crippen LogP contribution is 2.32. The summed E-state index contributed by atoms with van der Waals surface area (Å²) in [6.07, 6.45) is 0. The maximum absolute atomic E-state index is 13.1. The number of rotatable bonds is 3. The first-order valence-corrected chi connectivity index (χ1v) is 5.85. The van der Waals surface area contributed by atoms with Crippen molar-refractivity contribution in [2.45, 2.75) is 19.4 Å². The van der Waals surface area contributed by atoms with Crippen LogP contribution >= 0.6 is 15.9 Å². The molecule has 3 nitrogen and oxygen atoms in total. The summed E-state index contributed by atoms with van der Waals surface area (Å²) < 4.78 is 17.9. The lowest BCUT2D eigenvalue weighted by molar-refractivity contribution is -0.154. The molecule has 0 aromatic heterocycles. The molecular weight excluding hydrogens is 291 g/mol. The normalized spacial score (nSPS) is 16.1. The largest absolute Gasteiger partial charge is 0.469 e. The van der Waals surface area contributed by atoms with E-state index in [1.54, 1.807) is 6.92 Å². The minimum absolute atomic E-state index is 0.243. The van der Waals surface area contributed by atoms with Crippen molar-refractivity contribution < 1.29 is 19.0 Å². The van der Waals surface area contributed by atoms with Crippen LogP contribution in [0, 0.1) is 11.7 Å². The molecule has 0 aliphatic carbocycles. The third kappa shape index (κ3) is 2.84. The Labute approximate surface area is 108 Å². The maximum Gasteiger partial charge on any atom is 0.311 e. The summed E-state index contributed by atoms with van der Waals surface area (Å²) in [6, 6.07) is 4.13. The number of carbonyl (C=O) groups is 1. The van der Waals surface area contributed by atoms with Gasteiger partial charge in [0.2, 0.25) is 0 Å². The van der Waals surface area contributed by atoms with Gasteiger partial charge in [-0.15, -0.1) is 0 Å². The van der Waals surface area contributed by atoms with E-state index in [4.69, 9.17) is 0 Å². The molecule has 0 aliphatic heterocycles. The molecule has 17 heavy (non-hydrogen) atoms. The molecular formula is C12H14BrFO3. The Morgan fingerprint density at radius 1 is 1.59 bits per heavy atom. The molecule has 0 heterocycles. The number of ether oxygens (including phenoxy) is 1. The number of esters is 1. The Hall–Kier alpha value is -0.940. The second-order valence-corrected chi connectivity index (χ2v) is 4.88. The molecule has 0 spiro atoms. The fraction of sp³-hybridized carbons (Fsp3) is 0.417. The Morgan fingerprint density at radius 2 is 2.18 bits per heavy atom. The van der Waals surface area contributed by atoms with E-state index in [2.05, 4.69) is 20.7 Å². The van der Waals surface area contributed by atoms with Gasteiger partial charge in [-0.1, -0.05) is 6.07 Å². The average molecular weight is 305 g/mol. The quantitative estimate of drug-likeness (QED) is 0.873. The van der Waals surface area contributed by atoms with Gasteiger partial charge in [0, 0.05) is 0 Å². The minimum atomic E-state index is -1.41. The molecule has 0 amide bonds.